The highest BCUT2D eigenvalue weighted by molar-refractivity contribution is 7.89. The normalized spacial score (nSPS) is 13.9. The molecule has 4 aromatic rings. The lowest BCUT2D eigenvalue weighted by Crippen LogP contribution is -2.23. The molecule has 6 nitrogen and oxygen atoms in total. The number of primary sulfonamides is 1. The van der Waals surface area contributed by atoms with Gasteiger partial charge in [-0.05, 0) is 36.2 Å². The summed E-state index contributed by atoms with van der Waals surface area (Å²) in [6, 6.07) is 10.7. The van der Waals surface area contributed by atoms with Gasteiger partial charge >= 0.3 is 0 Å². The first-order chi connectivity index (χ1) is 15.6. The van der Waals surface area contributed by atoms with Gasteiger partial charge in [0.1, 0.15) is 28.6 Å². The second-order valence-corrected chi connectivity index (χ2v) is 9.81. The second-order valence-electron chi connectivity index (χ2n) is 7.62. The van der Waals surface area contributed by atoms with Crippen molar-refractivity contribution in [1.29, 1.82) is 0 Å². The van der Waals surface area contributed by atoms with Crippen molar-refractivity contribution in [2.24, 2.45) is 5.14 Å². The van der Waals surface area contributed by atoms with Crippen molar-refractivity contribution in [3.63, 3.8) is 0 Å². The Labute approximate surface area is 194 Å². The van der Waals surface area contributed by atoms with Crippen molar-refractivity contribution in [2.75, 3.05) is 0 Å². The van der Waals surface area contributed by atoms with Gasteiger partial charge in [0.05, 0.1) is 5.56 Å². The lowest BCUT2D eigenvalue weighted by atomic mass is 9.96. The van der Waals surface area contributed by atoms with Crippen LogP contribution in [0.4, 0.5) is 8.78 Å². The number of rotatable bonds is 6. The molecule has 0 aliphatic carbocycles. The number of aromatic amines is 1. The van der Waals surface area contributed by atoms with E-state index in [-0.39, 0.29) is 17.5 Å². The lowest BCUT2D eigenvalue weighted by Gasteiger charge is -2.19. The third-order valence-corrected chi connectivity index (χ3v) is 7.21. The Kier molecular flexibility index (Phi) is 6.24. The number of fused-ring (bicyclic) bond motifs is 1. The molecule has 0 bridgehead atoms. The number of aliphatic hydroxyl groups excluding tert-OH is 1. The van der Waals surface area contributed by atoms with E-state index in [9.17, 15) is 17.9 Å². The Morgan fingerprint density at radius 3 is 2.45 bits per heavy atom. The van der Waals surface area contributed by atoms with Crippen LogP contribution < -0.4 is 5.14 Å². The predicted molar refractivity (Wildman–Crippen MR) is 123 cm³/mol. The fourth-order valence-corrected chi connectivity index (χ4v) is 5.05. The highest BCUT2D eigenvalue weighted by atomic mass is 35.5. The largest absolute Gasteiger partial charge is 0.383 e. The van der Waals surface area contributed by atoms with Crippen LogP contribution in [-0.4, -0.2) is 23.5 Å². The zero-order valence-corrected chi connectivity index (χ0v) is 19.0. The quantitative estimate of drug-likeness (QED) is 0.353. The van der Waals surface area contributed by atoms with Gasteiger partial charge in [-0.15, -0.1) is 0 Å². The first kappa shape index (κ1) is 23.3. The fraction of sp³-hybridized carbons (Fsp3) is 0.174. The number of nitrogens with one attached hydrogen (secondary N) is 1. The highest BCUT2D eigenvalue weighted by Crippen LogP contribution is 2.36. The van der Waals surface area contributed by atoms with Gasteiger partial charge < -0.3 is 10.1 Å². The predicted octanol–water partition coefficient (Wildman–Crippen LogP) is 4.98. The molecule has 33 heavy (non-hydrogen) atoms. The minimum Gasteiger partial charge on any atom is -0.383 e. The molecule has 0 fully saturated rings. The Morgan fingerprint density at radius 1 is 1.12 bits per heavy atom. The number of hydrogen-bond acceptors (Lipinski definition) is 4. The van der Waals surface area contributed by atoms with Crippen molar-refractivity contribution in [2.45, 2.75) is 24.7 Å². The molecule has 0 aliphatic heterocycles. The number of sulfonamides is 1. The van der Waals surface area contributed by atoms with Crippen molar-refractivity contribution >= 4 is 32.7 Å². The number of pyridine rings is 1. The number of nitrogens with two attached hydrogens (primary N) is 1. The van der Waals surface area contributed by atoms with Gasteiger partial charge in [0.2, 0.25) is 10.0 Å². The topological polar surface area (TPSA) is 109 Å². The zero-order chi connectivity index (χ0) is 23.9. The summed E-state index contributed by atoms with van der Waals surface area (Å²) >= 11 is 5.94. The minimum absolute atomic E-state index is 0.0155. The molecule has 2 unspecified atom stereocenters. The molecule has 0 amide bonds. The molecular weight excluding hydrogens is 472 g/mol. The number of hydrogen-bond donors (Lipinski definition) is 3. The first-order valence-corrected chi connectivity index (χ1v) is 12.0. The molecule has 0 spiro atoms. The number of benzene rings is 2. The maximum atomic E-state index is 15.4. The van der Waals surface area contributed by atoms with E-state index < -0.39 is 38.6 Å². The van der Waals surface area contributed by atoms with Crippen LogP contribution in [0.15, 0.2) is 54.9 Å². The molecule has 2 atom stereocenters. The summed E-state index contributed by atoms with van der Waals surface area (Å²) in [6.07, 6.45) is 1.30. The van der Waals surface area contributed by atoms with Crippen LogP contribution in [-0.2, 0) is 10.0 Å². The molecule has 172 valence electrons. The van der Waals surface area contributed by atoms with Crippen LogP contribution in [0.3, 0.4) is 0 Å². The van der Waals surface area contributed by atoms with Crippen molar-refractivity contribution in [3.05, 3.63) is 88.2 Å². The Bertz CT molecular complexity index is 1440. The van der Waals surface area contributed by atoms with E-state index in [1.54, 1.807) is 36.5 Å². The van der Waals surface area contributed by atoms with E-state index in [0.29, 0.717) is 21.6 Å². The SMILES string of the molecule is CCC(c1ccc(F)c(C(O)c2c[nH]c3ncc(-c4ccc(Cl)cc4)cc23)c1F)S(N)(=O)=O. The summed E-state index contributed by atoms with van der Waals surface area (Å²) in [5.74, 6) is -2.16. The van der Waals surface area contributed by atoms with Crippen LogP contribution in [0.25, 0.3) is 22.2 Å². The molecule has 2 heterocycles. The Hall–Kier alpha value is -2.85. The smallest absolute Gasteiger partial charge is 0.216 e. The third-order valence-electron chi connectivity index (χ3n) is 5.58. The lowest BCUT2D eigenvalue weighted by molar-refractivity contribution is 0.210. The van der Waals surface area contributed by atoms with E-state index in [1.165, 1.54) is 13.1 Å². The molecule has 0 saturated heterocycles. The summed E-state index contributed by atoms with van der Waals surface area (Å²) in [5, 5.41) is 15.9. The van der Waals surface area contributed by atoms with Crippen molar-refractivity contribution in [3.8, 4) is 11.1 Å². The second kappa shape index (κ2) is 8.83. The molecule has 4 rings (SSSR count). The van der Waals surface area contributed by atoms with Crippen LogP contribution in [0.5, 0.6) is 0 Å². The Morgan fingerprint density at radius 2 is 1.82 bits per heavy atom. The van der Waals surface area contributed by atoms with Gasteiger partial charge in [-0.2, -0.15) is 0 Å². The zero-order valence-electron chi connectivity index (χ0n) is 17.4. The van der Waals surface area contributed by atoms with Gasteiger partial charge in [-0.25, -0.2) is 27.3 Å². The number of aliphatic hydroxyl groups is 1. The molecule has 2 aromatic carbocycles. The fourth-order valence-electron chi connectivity index (χ4n) is 3.92. The Balaban J connectivity index is 1.83. The van der Waals surface area contributed by atoms with Crippen LogP contribution in [0.1, 0.15) is 41.4 Å². The van der Waals surface area contributed by atoms with E-state index in [2.05, 4.69) is 9.97 Å². The van der Waals surface area contributed by atoms with E-state index in [1.807, 2.05) is 0 Å². The van der Waals surface area contributed by atoms with Crippen LogP contribution >= 0.6 is 11.6 Å². The monoisotopic (exact) mass is 491 g/mol. The molecule has 10 heteroatoms. The first-order valence-electron chi connectivity index (χ1n) is 10.0. The summed E-state index contributed by atoms with van der Waals surface area (Å²) in [6.45, 7) is 1.53. The molecule has 0 aliphatic rings. The van der Waals surface area contributed by atoms with Gasteiger partial charge in [0.25, 0.3) is 0 Å². The van der Waals surface area contributed by atoms with Gasteiger partial charge in [-0.3, -0.25) is 0 Å². The molecular formula is C23H20ClF2N3O3S. The molecule has 0 radical (unpaired) electrons. The number of nitrogens with zero attached hydrogens (tertiary/aromatic N) is 1. The molecule has 0 saturated carbocycles. The average molecular weight is 492 g/mol. The summed E-state index contributed by atoms with van der Waals surface area (Å²) in [7, 11) is -4.14. The van der Waals surface area contributed by atoms with E-state index >= 15 is 4.39 Å². The van der Waals surface area contributed by atoms with Gasteiger partial charge in [-0.1, -0.05) is 36.7 Å². The van der Waals surface area contributed by atoms with Gasteiger partial charge in [0.15, 0.2) is 0 Å². The average Bonchev–Trinajstić information content (AvgIpc) is 3.18. The van der Waals surface area contributed by atoms with E-state index in [0.717, 1.165) is 17.7 Å². The number of aromatic nitrogens is 2. The minimum atomic E-state index is -4.14. The highest BCUT2D eigenvalue weighted by Gasteiger charge is 2.30. The number of H-pyrrole nitrogens is 1. The summed E-state index contributed by atoms with van der Waals surface area (Å²) in [4.78, 5) is 7.22. The standard InChI is InChI=1S/C23H20ClF2N3O3S/c1-2-19(33(27,31)32)15-7-8-18(25)20(21(15)26)22(30)17-11-29-23-16(17)9-13(10-28-23)12-3-5-14(24)6-4-12/h3-11,19,22,30H,2H2,1H3,(H,28,29)(H2,27,31,32). The maximum Gasteiger partial charge on any atom is 0.216 e. The van der Waals surface area contributed by atoms with Gasteiger partial charge in [0, 0.05) is 39.5 Å². The molecule has 2 aromatic heterocycles. The third kappa shape index (κ3) is 4.37. The maximum absolute atomic E-state index is 15.4. The summed E-state index contributed by atoms with van der Waals surface area (Å²) < 4.78 is 53.9. The summed E-state index contributed by atoms with van der Waals surface area (Å²) in [5.41, 5.74) is 1.17. The van der Waals surface area contributed by atoms with Crippen LogP contribution in [0.2, 0.25) is 5.02 Å². The number of halogens is 3. The van der Waals surface area contributed by atoms with Crippen molar-refractivity contribution in [1.82, 2.24) is 9.97 Å². The molecule has 4 N–H and O–H groups in total. The van der Waals surface area contributed by atoms with Crippen LogP contribution in [0, 0.1) is 11.6 Å². The van der Waals surface area contributed by atoms with E-state index in [4.69, 9.17) is 16.7 Å². The van der Waals surface area contributed by atoms with Crippen molar-refractivity contribution < 1.29 is 22.3 Å².